The van der Waals surface area contributed by atoms with Gasteiger partial charge in [-0.15, -0.1) is 11.3 Å². The average Bonchev–Trinajstić information content (AvgIpc) is 3.20. The summed E-state index contributed by atoms with van der Waals surface area (Å²) in [6.07, 6.45) is 0. The van der Waals surface area contributed by atoms with Crippen molar-refractivity contribution in [2.24, 2.45) is 0 Å². The van der Waals surface area contributed by atoms with Gasteiger partial charge < -0.3 is 14.8 Å². The number of nitrogens with one attached hydrogen (secondary N) is 2. The molecule has 0 atom stereocenters. The number of hydrogen-bond acceptors (Lipinski definition) is 7. The van der Waals surface area contributed by atoms with E-state index in [0.717, 1.165) is 10.7 Å². The van der Waals surface area contributed by atoms with Crippen LogP contribution >= 0.6 is 11.3 Å². The summed E-state index contributed by atoms with van der Waals surface area (Å²) >= 11 is 1.56. The van der Waals surface area contributed by atoms with Crippen LogP contribution in [0.4, 0.5) is 0 Å². The molecule has 0 radical (unpaired) electrons. The van der Waals surface area contributed by atoms with Crippen LogP contribution in [0.2, 0.25) is 0 Å². The third kappa shape index (κ3) is 6.51. The average molecular weight is 462 g/mol. The maximum absolute atomic E-state index is 12.3. The number of thiazole rings is 1. The van der Waals surface area contributed by atoms with Gasteiger partial charge in [-0.1, -0.05) is 0 Å². The minimum atomic E-state index is -3.66. The SMILES string of the molecule is COc1ccc(S(=O)(=O)NCCNC(=O)c2ccc(OCc3csc(C)n3)cc2)cc1. The van der Waals surface area contributed by atoms with E-state index in [1.54, 1.807) is 47.7 Å². The van der Waals surface area contributed by atoms with Crippen molar-refractivity contribution in [3.63, 3.8) is 0 Å². The molecule has 0 aliphatic heterocycles. The first kappa shape index (κ1) is 22.7. The van der Waals surface area contributed by atoms with Gasteiger partial charge in [0.2, 0.25) is 10.0 Å². The number of aromatic nitrogens is 1. The molecule has 0 bridgehead atoms. The number of aryl methyl sites for hydroxylation is 1. The van der Waals surface area contributed by atoms with E-state index in [-0.39, 0.29) is 23.9 Å². The van der Waals surface area contributed by atoms with E-state index >= 15 is 0 Å². The molecule has 164 valence electrons. The molecule has 3 aromatic rings. The normalized spacial score (nSPS) is 11.2. The number of amides is 1. The van der Waals surface area contributed by atoms with Gasteiger partial charge in [-0.3, -0.25) is 4.79 Å². The molecule has 0 unspecified atom stereocenters. The van der Waals surface area contributed by atoms with E-state index in [2.05, 4.69) is 15.0 Å². The highest BCUT2D eigenvalue weighted by molar-refractivity contribution is 7.89. The lowest BCUT2D eigenvalue weighted by molar-refractivity contribution is 0.0954. The summed E-state index contributed by atoms with van der Waals surface area (Å²) in [4.78, 5) is 16.7. The van der Waals surface area contributed by atoms with Gasteiger partial charge in [-0.05, 0) is 55.5 Å². The van der Waals surface area contributed by atoms with E-state index in [1.807, 2.05) is 12.3 Å². The molecule has 10 heteroatoms. The highest BCUT2D eigenvalue weighted by Gasteiger charge is 2.13. The fourth-order valence-corrected chi connectivity index (χ4v) is 4.27. The minimum Gasteiger partial charge on any atom is -0.497 e. The van der Waals surface area contributed by atoms with Crippen LogP contribution in [0.1, 0.15) is 21.1 Å². The second kappa shape index (κ2) is 10.4. The van der Waals surface area contributed by atoms with Crippen LogP contribution in [0.15, 0.2) is 58.8 Å². The first-order valence-electron chi connectivity index (χ1n) is 9.43. The summed E-state index contributed by atoms with van der Waals surface area (Å²) in [5.41, 5.74) is 1.32. The van der Waals surface area contributed by atoms with Gasteiger partial charge in [0.1, 0.15) is 18.1 Å². The van der Waals surface area contributed by atoms with Gasteiger partial charge >= 0.3 is 0 Å². The molecule has 1 heterocycles. The summed E-state index contributed by atoms with van der Waals surface area (Å²) in [5.74, 6) is 0.903. The lowest BCUT2D eigenvalue weighted by Gasteiger charge is -2.09. The number of hydrogen-bond donors (Lipinski definition) is 2. The Hall–Kier alpha value is -2.95. The monoisotopic (exact) mass is 461 g/mol. The van der Waals surface area contributed by atoms with Gasteiger partial charge in [-0.25, -0.2) is 18.1 Å². The zero-order valence-electron chi connectivity index (χ0n) is 17.1. The highest BCUT2D eigenvalue weighted by atomic mass is 32.2. The molecular weight excluding hydrogens is 438 g/mol. The molecule has 0 saturated heterocycles. The van der Waals surface area contributed by atoms with E-state index in [4.69, 9.17) is 9.47 Å². The fourth-order valence-electron chi connectivity index (χ4n) is 2.64. The number of benzene rings is 2. The first-order chi connectivity index (χ1) is 14.9. The van der Waals surface area contributed by atoms with Gasteiger partial charge in [0.05, 0.1) is 22.7 Å². The molecule has 0 aliphatic rings. The number of sulfonamides is 1. The maximum Gasteiger partial charge on any atom is 0.251 e. The molecule has 2 aromatic carbocycles. The Morgan fingerprint density at radius 1 is 1.03 bits per heavy atom. The molecule has 2 N–H and O–H groups in total. The Labute approximate surface area is 185 Å². The Morgan fingerprint density at radius 2 is 1.71 bits per heavy atom. The van der Waals surface area contributed by atoms with E-state index in [9.17, 15) is 13.2 Å². The van der Waals surface area contributed by atoms with Crippen molar-refractivity contribution >= 4 is 27.3 Å². The summed E-state index contributed by atoms with van der Waals surface area (Å²) in [5, 5.41) is 5.61. The van der Waals surface area contributed by atoms with E-state index in [0.29, 0.717) is 23.7 Å². The van der Waals surface area contributed by atoms with Crippen molar-refractivity contribution < 1.29 is 22.7 Å². The van der Waals surface area contributed by atoms with Crippen LogP contribution in [0.3, 0.4) is 0 Å². The van der Waals surface area contributed by atoms with Crippen LogP contribution in [0.5, 0.6) is 11.5 Å². The standard InChI is InChI=1S/C21H23N3O5S2/c1-15-24-17(14-30-15)13-29-19-5-3-16(4-6-19)21(25)22-11-12-23-31(26,27)20-9-7-18(28-2)8-10-20/h3-10,14,23H,11-13H2,1-2H3,(H,22,25). The molecule has 3 rings (SSSR count). The van der Waals surface area contributed by atoms with Gasteiger partial charge in [0.25, 0.3) is 5.91 Å². The zero-order chi connectivity index (χ0) is 22.3. The van der Waals surface area contributed by atoms with Crippen molar-refractivity contribution in [3.05, 3.63) is 70.2 Å². The number of rotatable bonds is 10. The third-order valence-electron chi connectivity index (χ3n) is 4.24. The number of carbonyl (C=O) groups excluding carboxylic acids is 1. The van der Waals surface area contributed by atoms with E-state index in [1.165, 1.54) is 19.2 Å². The summed E-state index contributed by atoms with van der Waals surface area (Å²) in [7, 11) is -2.15. The predicted molar refractivity (Wildman–Crippen MR) is 118 cm³/mol. The Morgan fingerprint density at radius 3 is 2.32 bits per heavy atom. The maximum atomic E-state index is 12.3. The van der Waals surface area contributed by atoms with E-state index < -0.39 is 10.0 Å². The van der Waals surface area contributed by atoms with Crippen LogP contribution in [0.25, 0.3) is 0 Å². The van der Waals surface area contributed by atoms with Crippen LogP contribution in [0, 0.1) is 6.92 Å². The van der Waals surface area contributed by atoms with Crippen molar-refractivity contribution in [3.8, 4) is 11.5 Å². The van der Waals surface area contributed by atoms with Crippen LogP contribution in [-0.4, -0.2) is 39.5 Å². The molecule has 1 amide bonds. The summed E-state index contributed by atoms with van der Waals surface area (Å²) in [6, 6.07) is 12.8. The third-order valence-corrected chi connectivity index (χ3v) is 6.54. The number of nitrogens with zero attached hydrogens (tertiary/aromatic N) is 1. The lowest BCUT2D eigenvalue weighted by atomic mass is 10.2. The molecular formula is C21H23N3O5S2. The van der Waals surface area contributed by atoms with Crippen molar-refractivity contribution in [1.82, 2.24) is 15.0 Å². The molecule has 1 aromatic heterocycles. The van der Waals surface area contributed by atoms with Crippen LogP contribution in [-0.2, 0) is 16.6 Å². The van der Waals surface area contributed by atoms with Gasteiger partial charge in [-0.2, -0.15) is 0 Å². The van der Waals surface area contributed by atoms with Gasteiger partial charge in [0.15, 0.2) is 0 Å². The van der Waals surface area contributed by atoms with Crippen molar-refractivity contribution in [2.45, 2.75) is 18.4 Å². The topological polar surface area (TPSA) is 107 Å². The second-order valence-electron chi connectivity index (χ2n) is 6.50. The summed E-state index contributed by atoms with van der Waals surface area (Å²) < 4.78 is 37.7. The molecule has 31 heavy (non-hydrogen) atoms. The Kier molecular flexibility index (Phi) is 7.61. The number of ether oxygens (including phenoxy) is 2. The first-order valence-corrected chi connectivity index (χ1v) is 11.8. The molecule has 0 saturated carbocycles. The quantitative estimate of drug-likeness (QED) is 0.450. The summed E-state index contributed by atoms with van der Waals surface area (Å²) in [6.45, 7) is 2.51. The highest BCUT2D eigenvalue weighted by Crippen LogP contribution is 2.16. The van der Waals surface area contributed by atoms with Crippen molar-refractivity contribution in [2.75, 3.05) is 20.2 Å². The fraction of sp³-hybridized carbons (Fsp3) is 0.238. The number of methoxy groups -OCH3 is 1. The Bertz CT molecular complexity index is 1110. The molecule has 8 nitrogen and oxygen atoms in total. The van der Waals surface area contributed by atoms with Gasteiger partial charge in [0, 0.05) is 24.0 Å². The molecule has 0 aliphatic carbocycles. The minimum absolute atomic E-state index is 0.0638. The largest absolute Gasteiger partial charge is 0.497 e. The van der Waals surface area contributed by atoms with Crippen LogP contribution < -0.4 is 19.5 Å². The van der Waals surface area contributed by atoms with Crippen molar-refractivity contribution in [1.29, 1.82) is 0 Å². The smallest absolute Gasteiger partial charge is 0.251 e. The number of carbonyl (C=O) groups is 1. The molecule has 0 spiro atoms. The lowest BCUT2D eigenvalue weighted by Crippen LogP contribution is -2.34. The zero-order valence-corrected chi connectivity index (χ0v) is 18.8. The predicted octanol–water partition coefficient (Wildman–Crippen LogP) is 2.75. The Balaban J connectivity index is 1.43. The second-order valence-corrected chi connectivity index (χ2v) is 9.33. The molecule has 0 fully saturated rings.